The van der Waals surface area contributed by atoms with Crippen LogP contribution in [0.5, 0.6) is 11.5 Å². The van der Waals surface area contributed by atoms with Crippen molar-refractivity contribution in [3.05, 3.63) is 77.4 Å². The van der Waals surface area contributed by atoms with Crippen LogP contribution in [0, 0.1) is 11.3 Å². The summed E-state index contributed by atoms with van der Waals surface area (Å²) in [6, 6.07) is 21.9. The predicted molar refractivity (Wildman–Crippen MR) is 125 cm³/mol. The molecule has 1 aliphatic carbocycles. The molecule has 0 spiro atoms. The van der Waals surface area contributed by atoms with Gasteiger partial charge in [0, 0.05) is 6.04 Å². The van der Waals surface area contributed by atoms with Crippen LogP contribution in [-0.2, 0) is 11.4 Å². The van der Waals surface area contributed by atoms with Crippen LogP contribution in [0.4, 0.5) is 0 Å². The number of hydrogen-bond donors (Lipinski definition) is 1. The molecule has 0 saturated heterocycles. The van der Waals surface area contributed by atoms with Gasteiger partial charge in [0.2, 0.25) is 0 Å². The first kappa shape index (κ1) is 21.5. The van der Waals surface area contributed by atoms with Crippen LogP contribution in [-0.4, -0.2) is 19.1 Å². The van der Waals surface area contributed by atoms with Crippen molar-refractivity contribution in [2.24, 2.45) is 0 Å². The largest absolute Gasteiger partial charge is 0.493 e. The molecule has 0 radical (unpaired) electrons. The van der Waals surface area contributed by atoms with Crippen molar-refractivity contribution >= 4 is 22.8 Å². The van der Waals surface area contributed by atoms with Gasteiger partial charge >= 0.3 is 0 Å². The van der Waals surface area contributed by atoms with E-state index in [1.54, 1.807) is 25.3 Å². The number of benzene rings is 3. The van der Waals surface area contributed by atoms with Crippen molar-refractivity contribution in [1.82, 2.24) is 5.32 Å². The molecule has 0 bridgehead atoms. The average molecular weight is 427 g/mol. The Morgan fingerprint density at radius 2 is 1.88 bits per heavy atom. The minimum Gasteiger partial charge on any atom is -0.493 e. The summed E-state index contributed by atoms with van der Waals surface area (Å²) in [5.74, 6) is 0.827. The molecule has 1 N–H and O–H groups in total. The number of hydrogen-bond acceptors (Lipinski definition) is 4. The molecule has 0 aromatic heterocycles. The first-order valence-corrected chi connectivity index (χ1v) is 10.9. The summed E-state index contributed by atoms with van der Waals surface area (Å²) in [5.41, 5.74) is 1.88. The fourth-order valence-electron chi connectivity index (χ4n) is 4.12. The fourth-order valence-corrected chi connectivity index (χ4v) is 4.12. The van der Waals surface area contributed by atoms with E-state index in [2.05, 4.69) is 23.5 Å². The quantitative estimate of drug-likeness (QED) is 0.406. The van der Waals surface area contributed by atoms with Gasteiger partial charge in [-0.05, 0) is 52.9 Å². The van der Waals surface area contributed by atoms with Crippen LogP contribution >= 0.6 is 0 Å². The highest BCUT2D eigenvalue weighted by Gasteiger charge is 2.19. The average Bonchev–Trinajstić information content (AvgIpc) is 3.34. The summed E-state index contributed by atoms with van der Waals surface area (Å²) in [4.78, 5) is 12.5. The highest BCUT2D eigenvalue weighted by molar-refractivity contribution is 6.01. The van der Waals surface area contributed by atoms with Crippen LogP contribution < -0.4 is 14.8 Å². The Balaban J connectivity index is 1.50. The maximum Gasteiger partial charge on any atom is 0.262 e. The van der Waals surface area contributed by atoms with E-state index in [4.69, 9.17) is 9.47 Å². The number of carbonyl (C=O) groups excluding carboxylic acids is 1. The molecule has 4 rings (SSSR count). The number of fused-ring (bicyclic) bond motifs is 1. The zero-order chi connectivity index (χ0) is 22.3. The summed E-state index contributed by atoms with van der Waals surface area (Å²) in [6.45, 7) is 0.403. The van der Waals surface area contributed by atoms with Gasteiger partial charge in [-0.15, -0.1) is 0 Å². The Morgan fingerprint density at radius 1 is 1.09 bits per heavy atom. The van der Waals surface area contributed by atoms with Gasteiger partial charge in [0.15, 0.2) is 11.5 Å². The van der Waals surface area contributed by atoms with Gasteiger partial charge in [0.05, 0.1) is 7.11 Å². The van der Waals surface area contributed by atoms with Crippen LogP contribution in [0.1, 0.15) is 36.8 Å². The second-order valence-corrected chi connectivity index (χ2v) is 7.96. The number of ether oxygens (including phenoxy) is 2. The fraction of sp³-hybridized carbons (Fsp3) is 0.259. The molecule has 5 nitrogen and oxygen atoms in total. The van der Waals surface area contributed by atoms with Crippen LogP contribution in [0.2, 0.25) is 0 Å². The molecule has 1 fully saturated rings. The first-order chi connectivity index (χ1) is 15.7. The summed E-state index contributed by atoms with van der Waals surface area (Å²) < 4.78 is 11.6. The third kappa shape index (κ3) is 4.92. The molecular formula is C27H26N2O3. The van der Waals surface area contributed by atoms with E-state index in [1.807, 2.05) is 36.4 Å². The van der Waals surface area contributed by atoms with E-state index in [-0.39, 0.29) is 17.5 Å². The van der Waals surface area contributed by atoms with Crippen molar-refractivity contribution < 1.29 is 14.3 Å². The highest BCUT2D eigenvalue weighted by atomic mass is 16.5. The van der Waals surface area contributed by atoms with E-state index < -0.39 is 0 Å². The molecule has 3 aromatic carbocycles. The van der Waals surface area contributed by atoms with E-state index in [0.29, 0.717) is 23.7 Å². The second kappa shape index (κ2) is 10.0. The molecule has 1 saturated carbocycles. The lowest BCUT2D eigenvalue weighted by Gasteiger charge is -2.13. The highest BCUT2D eigenvalue weighted by Crippen LogP contribution is 2.30. The van der Waals surface area contributed by atoms with Crippen molar-refractivity contribution in [2.45, 2.75) is 38.3 Å². The molecular weight excluding hydrogens is 400 g/mol. The van der Waals surface area contributed by atoms with Gasteiger partial charge in [0.25, 0.3) is 5.91 Å². The van der Waals surface area contributed by atoms with Gasteiger partial charge in [0.1, 0.15) is 18.2 Å². The van der Waals surface area contributed by atoms with Crippen molar-refractivity contribution in [2.75, 3.05) is 7.11 Å². The number of nitrogens with zero attached hydrogens (tertiary/aromatic N) is 1. The third-order valence-electron chi connectivity index (χ3n) is 5.82. The molecule has 1 amide bonds. The molecule has 32 heavy (non-hydrogen) atoms. The zero-order valence-corrected chi connectivity index (χ0v) is 18.1. The normalized spacial score (nSPS) is 14.2. The Labute approximate surface area is 188 Å². The smallest absolute Gasteiger partial charge is 0.262 e. The summed E-state index contributed by atoms with van der Waals surface area (Å²) >= 11 is 0. The molecule has 162 valence electrons. The van der Waals surface area contributed by atoms with Gasteiger partial charge < -0.3 is 14.8 Å². The van der Waals surface area contributed by atoms with E-state index in [0.717, 1.165) is 36.6 Å². The van der Waals surface area contributed by atoms with Crippen molar-refractivity contribution in [3.8, 4) is 17.6 Å². The Hall–Kier alpha value is -3.78. The lowest BCUT2D eigenvalue weighted by atomic mass is 10.1. The molecule has 5 heteroatoms. The Morgan fingerprint density at radius 3 is 2.66 bits per heavy atom. The molecule has 3 aromatic rings. The lowest BCUT2D eigenvalue weighted by molar-refractivity contribution is -0.117. The standard InChI is InChI=1S/C27H26N2O3/c1-31-26-16-19(15-22(17-28)27(30)29-23-10-3-4-11-23)13-14-25(26)32-18-21-9-6-8-20-7-2-5-12-24(20)21/h2,5-9,12-16,23H,3-4,10-11,18H2,1H3,(H,29,30)/b22-15-. The predicted octanol–water partition coefficient (Wildman–Crippen LogP) is 5.39. The minimum atomic E-state index is -0.324. The Bertz CT molecular complexity index is 1180. The number of amides is 1. The first-order valence-electron chi connectivity index (χ1n) is 10.9. The number of nitriles is 1. The van der Waals surface area contributed by atoms with Crippen molar-refractivity contribution in [3.63, 3.8) is 0 Å². The number of methoxy groups -OCH3 is 1. The monoisotopic (exact) mass is 426 g/mol. The molecule has 0 atom stereocenters. The van der Waals surface area contributed by atoms with Crippen LogP contribution in [0.25, 0.3) is 16.8 Å². The van der Waals surface area contributed by atoms with Gasteiger partial charge in [-0.2, -0.15) is 5.26 Å². The van der Waals surface area contributed by atoms with Gasteiger partial charge in [-0.3, -0.25) is 4.79 Å². The van der Waals surface area contributed by atoms with E-state index in [9.17, 15) is 10.1 Å². The van der Waals surface area contributed by atoms with E-state index >= 15 is 0 Å². The minimum absolute atomic E-state index is 0.0865. The maximum atomic E-state index is 12.5. The lowest BCUT2D eigenvalue weighted by Crippen LogP contribution is -2.33. The molecule has 0 aliphatic heterocycles. The van der Waals surface area contributed by atoms with E-state index in [1.165, 1.54) is 5.39 Å². The third-order valence-corrected chi connectivity index (χ3v) is 5.82. The van der Waals surface area contributed by atoms with Crippen molar-refractivity contribution in [1.29, 1.82) is 5.26 Å². The summed E-state index contributed by atoms with van der Waals surface area (Å²) in [5, 5.41) is 14.8. The molecule has 1 aliphatic rings. The number of rotatable bonds is 7. The number of nitrogens with one attached hydrogen (secondary N) is 1. The van der Waals surface area contributed by atoms with Crippen LogP contribution in [0.15, 0.2) is 66.2 Å². The SMILES string of the molecule is COc1cc(/C=C(/C#N)C(=O)NC2CCCC2)ccc1OCc1cccc2ccccc12. The second-order valence-electron chi connectivity index (χ2n) is 7.96. The Kier molecular flexibility index (Phi) is 6.72. The van der Waals surface area contributed by atoms with Crippen LogP contribution in [0.3, 0.4) is 0 Å². The summed E-state index contributed by atoms with van der Waals surface area (Å²) in [6.07, 6.45) is 5.77. The summed E-state index contributed by atoms with van der Waals surface area (Å²) in [7, 11) is 1.58. The molecule has 0 heterocycles. The molecule has 0 unspecified atom stereocenters. The maximum absolute atomic E-state index is 12.5. The number of carbonyl (C=O) groups is 1. The topological polar surface area (TPSA) is 71.3 Å². The van der Waals surface area contributed by atoms with Gasteiger partial charge in [-0.25, -0.2) is 0 Å². The van der Waals surface area contributed by atoms with Gasteiger partial charge in [-0.1, -0.05) is 61.4 Å². The zero-order valence-electron chi connectivity index (χ0n) is 18.1.